The standard InChI is InChI=1S/C25H36N4O2/c1-4-26-25(27-18-21-11-12-23(31-5-2)24(17-21)30-3)28-22-13-15-29(16-14-22)19-20-9-7-6-8-10-20/h6-12,17,22H,4-5,13-16,18-19H2,1-3H3,(H2,26,27,28). The molecule has 0 bridgehead atoms. The maximum atomic E-state index is 5.60. The van der Waals surface area contributed by atoms with Gasteiger partial charge in [-0.1, -0.05) is 36.4 Å². The molecule has 168 valence electrons. The molecule has 0 aliphatic carbocycles. The number of aliphatic imine (C=N–C) groups is 1. The van der Waals surface area contributed by atoms with E-state index in [1.54, 1.807) is 7.11 Å². The zero-order chi connectivity index (χ0) is 21.9. The van der Waals surface area contributed by atoms with Gasteiger partial charge in [0, 0.05) is 32.2 Å². The minimum atomic E-state index is 0.444. The van der Waals surface area contributed by atoms with Crippen LogP contribution in [0.25, 0.3) is 0 Å². The number of piperidine rings is 1. The topological polar surface area (TPSA) is 58.1 Å². The summed E-state index contributed by atoms with van der Waals surface area (Å²) in [6.07, 6.45) is 2.24. The molecule has 0 spiro atoms. The van der Waals surface area contributed by atoms with E-state index in [-0.39, 0.29) is 0 Å². The highest BCUT2D eigenvalue weighted by molar-refractivity contribution is 5.80. The van der Waals surface area contributed by atoms with Crippen molar-refractivity contribution >= 4 is 5.96 Å². The third-order valence-corrected chi connectivity index (χ3v) is 5.47. The molecule has 0 amide bonds. The highest BCUT2D eigenvalue weighted by atomic mass is 16.5. The number of benzene rings is 2. The van der Waals surface area contributed by atoms with Gasteiger partial charge in [0.2, 0.25) is 0 Å². The number of methoxy groups -OCH3 is 1. The Balaban J connectivity index is 1.53. The van der Waals surface area contributed by atoms with Gasteiger partial charge in [0.05, 0.1) is 20.3 Å². The molecule has 0 radical (unpaired) electrons. The number of guanidine groups is 1. The molecule has 0 unspecified atom stereocenters. The third-order valence-electron chi connectivity index (χ3n) is 5.47. The van der Waals surface area contributed by atoms with Gasteiger partial charge in [-0.3, -0.25) is 4.90 Å². The second kappa shape index (κ2) is 12.2. The molecule has 1 saturated heterocycles. The maximum absolute atomic E-state index is 5.60. The lowest BCUT2D eigenvalue weighted by molar-refractivity contribution is 0.198. The largest absolute Gasteiger partial charge is 0.493 e. The number of nitrogens with one attached hydrogen (secondary N) is 2. The Labute approximate surface area is 186 Å². The van der Waals surface area contributed by atoms with Gasteiger partial charge in [-0.25, -0.2) is 4.99 Å². The van der Waals surface area contributed by atoms with Crippen LogP contribution in [0.3, 0.4) is 0 Å². The predicted octanol–water partition coefficient (Wildman–Crippen LogP) is 3.81. The zero-order valence-electron chi connectivity index (χ0n) is 19.1. The van der Waals surface area contributed by atoms with Gasteiger partial charge < -0.3 is 20.1 Å². The van der Waals surface area contributed by atoms with E-state index in [2.05, 4.69) is 52.8 Å². The van der Waals surface area contributed by atoms with Crippen LogP contribution in [0, 0.1) is 0 Å². The molecule has 0 saturated carbocycles. The Morgan fingerprint density at radius 2 is 1.81 bits per heavy atom. The summed E-state index contributed by atoms with van der Waals surface area (Å²) in [5, 5.41) is 7.01. The van der Waals surface area contributed by atoms with Gasteiger partial charge in [-0.15, -0.1) is 0 Å². The van der Waals surface area contributed by atoms with Crippen LogP contribution < -0.4 is 20.1 Å². The second-order valence-corrected chi connectivity index (χ2v) is 7.79. The summed E-state index contributed by atoms with van der Waals surface area (Å²) in [6, 6.07) is 17.2. The van der Waals surface area contributed by atoms with Crippen LogP contribution in [0.5, 0.6) is 11.5 Å². The Hall–Kier alpha value is -2.73. The van der Waals surface area contributed by atoms with Gasteiger partial charge >= 0.3 is 0 Å². The third kappa shape index (κ3) is 7.17. The van der Waals surface area contributed by atoms with Gasteiger partial charge in [0.15, 0.2) is 17.5 Å². The number of hydrogen-bond acceptors (Lipinski definition) is 4. The van der Waals surface area contributed by atoms with E-state index in [4.69, 9.17) is 14.5 Å². The number of ether oxygens (including phenoxy) is 2. The smallest absolute Gasteiger partial charge is 0.191 e. The summed E-state index contributed by atoms with van der Waals surface area (Å²) >= 11 is 0. The van der Waals surface area contributed by atoms with Crippen molar-refractivity contribution in [3.05, 3.63) is 59.7 Å². The molecular formula is C25H36N4O2. The minimum absolute atomic E-state index is 0.444. The van der Waals surface area contributed by atoms with E-state index in [0.717, 1.165) is 62.0 Å². The molecule has 1 aliphatic rings. The lowest BCUT2D eigenvalue weighted by atomic mass is 10.0. The molecule has 2 N–H and O–H groups in total. The van der Waals surface area contributed by atoms with Crippen LogP contribution in [0.4, 0.5) is 0 Å². The van der Waals surface area contributed by atoms with E-state index in [1.807, 2.05) is 25.1 Å². The first-order chi connectivity index (χ1) is 15.2. The van der Waals surface area contributed by atoms with Gasteiger partial charge in [0.25, 0.3) is 0 Å². The first-order valence-corrected chi connectivity index (χ1v) is 11.3. The molecular weight excluding hydrogens is 388 g/mol. The van der Waals surface area contributed by atoms with Crippen molar-refractivity contribution in [2.75, 3.05) is 33.4 Å². The number of nitrogens with zero attached hydrogens (tertiary/aromatic N) is 2. The number of likely N-dealkylation sites (tertiary alicyclic amines) is 1. The average molecular weight is 425 g/mol. The monoisotopic (exact) mass is 424 g/mol. The molecule has 6 nitrogen and oxygen atoms in total. The fourth-order valence-electron chi connectivity index (χ4n) is 3.85. The molecule has 0 atom stereocenters. The summed E-state index contributed by atoms with van der Waals surface area (Å²) in [7, 11) is 1.67. The first-order valence-electron chi connectivity index (χ1n) is 11.3. The maximum Gasteiger partial charge on any atom is 0.191 e. The van der Waals surface area contributed by atoms with Crippen LogP contribution >= 0.6 is 0 Å². The van der Waals surface area contributed by atoms with E-state index < -0.39 is 0 Å². The van der Waals surface area contributed by atoms with Crippen molar-refractivity contribution in [1.82, 2.24) is 15.5 Å². The molecule has 2 aromatic carbocycles. The average Bonchev–Trinajstić information content (AvgIpc) is 2.80. The number of rotatable bonds is 9. The van der Waals surface area contributed by atoms with Crippen molar-refractivity contribution < 1.29 is 9.47 Å². The summed E-state index contributed by atoms with van der Waals surface area (Å²) < 4.78 is 11.1. The second-order valence-electron chi connectivity index (χ2n) is 7.79. The normalized spacial score (nSPS) is 15.5. The van der Waals surface area contributed by atoms with Crippen LogP contribution in [-0.4, -0.2) is 50.3 Å². The summed E-state index contributed by atoms with van der Waals surface area (Å²) in [5.41, 5.74) is 2.48. The van der Waals surface area contributed by atoms with Crippen molar-refractivity contribution in [3.63, 3.8) is 0 Å². The Bertz CT molecular complexity index is 818. The highest BCUT2D eigenvalue weighted by Gasteiger charge is 2.20. The molecule has 31 heavy (non-hydrogen) atoms. The Morgan fingerprint density at radius 1 is 1.03 bits per heavy atom. The van der Waals surface area contributed by atoms with E-state index in [0.29, 0.717) is 19.2 Å². The fourth-order valence-corrected chi connectivity index (χ4v) is 3.85. The van der Waals surface area contributed by atoms with E-state index >= 15 is 0 Å². The van der Waals surface area contributed by atoms with Crippen molar-refractivity contribution in [3.8, 4) is 11.5 Å². The fraction of sp³-hybridized carbons (Fsp3) is 0.480. The molecule has 2 aromatic rings. The molecule has 3 rings (SSSR count). The van der Waals surface area contributed by atoms with Crippen LogP contribution in [0.15, 0.2) is 53.5 Å². The molecule has 1 heterocycles. The van der Waals surface area contributed by atoms with Gasteiger partial charge in [0.1, 0.15) is 0 Å². The molecule has 1 fully saturated rings. The SMILES string of the molecule is CCNC(=NCc1ccc(OCC)c(OC)c1)NC1CCN(Cc2ccccc2)CC1. The summed E-state index contributed by atoms with van der Waals surface area (Å²) in [4.78, 5) is 7.33. The quantitative estimate of drug-likeness (QED) is 0.474. The van der Waals surface area contributed by atoms with Gasteiger partial charge in [-0.05, 0) is 49.9 Å². The zero-order valence-corrected chi connectivity index (χ0v) is 19.1. The van der Waals surface area contributed by atoms with Gasteiger partial charge in [-0.2, -0.15) is 0 Å². The van der Waals surface area contributed by atoms with Crippen LogP contribution in [0.2, 0.25) is 0 Å². The van der Waals surface area contributed by atoms with Crippen LogP contribution in [0.1, 0.15) is 37.8 Å². The predicted molar refractivity (Wildman–Crippen MR) is 127 cm³/mol. The minimum Gasteiger partial charge on any atom is -0.493 e. The van der Waals surface area contributed by atoms with E-state index in [1.165, 1.54) is 5.56 Å². The van der Waals surface area contributed by atoms with Crippen molar-refractivity contribution in [2.45, 2.75) is 45.8 Å². The Morgan fingerprint density at radius 3 is 2.48 bits per heavy atom. The molecule has 0 aromatic heterocycles. The number of hydrogen-bond donors (Lipinski definition) is 2. The van der Waals surface area contributed by atoms with E-state index in [9.17, 15) is 0 Å². The lowest BCUT2D eigenvalue weighted by Crippen LogP contribution is -2.48. The van der Waals surface area contributed by atoms with Crippen molar-refractivity contribution in [1.29, 1.82) is 0 Å². The first kappa shape index (κ1) is 22.9. The van der Waals surface area contributed by atoms with Crippen molar-refractivity contribution in [2.24, 2.45) is 4.99 Å². The summed E-state index contributed by atoms with van der Waals surface area (Å²) in [5.74, 6) is 2.39. The molecule has 6 heteroatoms. The molecule has 1 aliphatic heterocycles. The lowest BCUT2D eigenvalue weighted by Gasteiger charge is -2.33. The Kier molecular flexibility index (Phi) is 9.03. The highest BCUT2D eigenvalue weighted by Crippen LogP contribution is 2.28. The van der Waals surface area contributed by atoms with Crippen LogP contribution in [-0.2, 0) is 13.1 Å². The summed E-state index contributed by atoms with van der Waals surface area (Å²) in [6.45, 7) is 9.34.